The van der Waals surface area contributed by atoms with Crippen LogP contribution in [0.15, 0.2) is 48.8 Å². The van der Waals surface area contributed by atoms with E-state index in [2.05, 4.69) is 10.3 Å². The van der Waals surface area contributed by atoms with Crippen LogP contribution in [-0.2, 0) is 22.6 Å². The number of benzene rings is 1. The second-order valence-electron chi connectivity index (χ2n) is 5.30. The van der Waals surface area contributed by atoms with Gasteiger partial charge < -0.3 is 10.2 Å². The topological polar surface area (TPSA) is 62.3 Å². The molecular weight excluding hydrogens is 309 g/mol. The minimum absolute atomic E-state index is 0.187. The highest BCUT2D eigenvalue weighted by molar-refractivity contribution is 6.34. The smallest absolute Gasteiger partial charge is 0.311 e. The Kier molecular flexibility index (Phi) is 6.42. The Hall–Kier alpha value is -2.76. The van der Waals surface area contributed by atoms with E-state index in [-0.39, 0.29) is 12.4 Å². The molecule has 0 aliphatic carbocycles. The number of hydrogen-bond acceptors (Lipinski definition) is 3. The van der Waals surface area contributed by atoms with E-state index in [1.807, 2.05) is 19.1 Å². The quantitative estimate of drug-likeness (QED) is 0.824. The van der Waals surface area contributed by atoms with Crippen LogP contribution in [0.4, 0.5) is 4.39 Å². The molecule has 0 saturated carbocycles. The SMILES string of the molecule is CCN(CCc1ccncc1)C(=O)C(=O)NCc1ccc(F)cc1. The van der Waals surface area contributed by atoms with Gasteiger partial charge in [-0.2, -0.15) is 0 Å². The molecule has 0 bridgehead atoms. The maximum atomic E-state index is 12.8. The van der Waals surface area contributed by atoms with E-state index in [0.29, 0.717) is 19.5 Å². The molecule has 6 heteroatoms. The fourth-order valence-corrected chi connectivity index (χ4v) is 2.22. The van der Waals surface area contributed by atoms with Gasteiger partial charge in [-0.05, 0) is 48.7 Å². The van der Waals surface area contributed by atoms with Gasteiger partial charge in [0, 0.05) is 32.0 Å². The first kappa shape index (κ1) is 17.6. The van der Waals surface area contributed by atoms with Crippen LogP contribution in [0.2, 0.25) is 0 Å². The third-order valence-electron chi connectivity index (χ3n) is 3.65. The standard InChI is InChI=1S/C18H20FN3O2/c1-2-22(12-9-14-7-10-20-11-8-14)18(24)17(23)21-13-15-3-5-16(19)6-4-15/h3-8,10-11H,2,9,12-13H2,1H3,(H,21,23). The zero-order chi connectivity index (χ0) is 17.4. The van der Waals surface area contributed by atoms with Gasteiger partial charge in [0.15, 0.2) is 0 Å². The van der Waals surface area contributed by atoms with Gasteiger partial charge in [-0.3, -0.25) is 14.6 Å². The molecule has 0 unspecified atom stereocenters. The molecule has 0 saturated heterocycles. The summed E-state index contributed by atoms with van der Waals surface area (Å²) >= 11 is 0. The van der Waals surface area contributed by atoms with Gasteiger partial charge in [-0.15, -0.1) is 0 Å². The predicted octanol–water partition coefficient (Wildman–Crippen LogP) is 1.93. The number of nitrogens with one attached hydrogen (secondary N) is 1. The maximum Gasteiger partial charge on any atom is 0.311 e. The lowest BCUT2D eigenvalue weighted by Gasteiger charge is -2.20. The van der Waals surface area contributed by atoms with Gasteiger partial charge in [0.2, 0.25) is 0 Å². The van der Waals surface area contributed by atoms with Crippen LogP contribution < -0.4 is 5.32 Å². The summed E-state index contributed by atoms with van der Waals surface area (Å²) in [5.74, 6) is -1.56. The van der Waals surface area contributed by atoms with Gasteiger partial charge in [0.1, 0.15) is 5.82 Å². The second-order valence-corrected chi connectivity index (χ2v) is 5.30. The van der Waals surface area contributed by atoms with Gasteiger partial charge in [0.05, 0.1) is 0 Å². The van der Waals surface area contributed by atoms with Crippen molar-refractivity contribution in [3.8, 4) is 0 Å². The molecule has 1 aromatic heterocycles. The van der Waals surface area contributed by atoms with Crippen molar-refractivity contribution < 1.29 is 14.0 Å². The number of nitrogens with zero attached hydrogens (tertiary/aromatic N) is 2. The highest BCUT2D eigenvalue weighted by atomic mass is 19.1. The summed E-state index contributed by atoms with van der Waals surface area (Å²) in [5.41, 5.74) is 1.79. The Balaban J connectivity index is 1.85. The summed E-state index contributed by atoms with van der Waals surface area (Å²) in [6.45, 7) is 2.93. The van der Waals surface area contributed by atoms with Crippen molar-refractivity contribution in [1.82, 2.24) is 15.2 Å². The van der Waals surface area contributed by atoms with Crippen molar-refractivity contribution in [3.05, 3.63) is 65.7 Å². The van der Waals surface area contributed by atoms with E-state index in [0.717, 1.165) is 11.1 Å². The predicted molar refractivity (Wildman–Crippen MR) is 88.4 cm³/mol. The first-order chi connectivity index (χ1) is 11.6. The van der Waals surface area contributed by atoms with Crippen molar-refractivity contribution in [3.63, 3.8) is 0 Å². The number of likely N-dealkylation sites (N-methyl/N-ethyl adjacent to an activating group) is 1. The highest BCUT2D eigenvalue weighted by Gasteiger charge is 2.20. The highest BCUT2D eigenvalue weighted by Crippen LogP contribution is 2.03. The fraction of sp³-hybridized carbons (Fsp3) is 0.278. The summed E-state index contributed by atoms with van der Waals surface area (Å²) < 4.78 is 12.8. The summed E-state index contributed by atoms with van der Waals surface area (Å²) in [4.78, 5) is 29.7. The molecule has 0 atom stereocenters. The monoisotopic (exact) mass is 329 g/mol. The van der Waals surface area contributed by atoms with Crippen LogP contribution in [0.5, 0.6) is 0 Å². The largest absolute Gasteiger partial charge is 0.344 e. The van der Waals surface area contributed by atoms with Gasteiger partial charge >= 0.3 is 11.8 Å². The lowest BCUT2D eigenvalue weighted by molar-refractivity contribution is -0.145. The fourth-order valence-electron chi connectivity index (χ4n) is 2.22. The Morgan fingerprint density at radius 3 is 2.38 bits per heavy atom. The number of carbonyl (C=O) groups is 2. The Morgan fingerprint density at radius 1 is 1.08 bits per heavy atom. The molecule has 2 rings (SSSR count). The zero-order valence-electron chi connectivity index (χ0n) is 13.5. The number of pyridine rings is 1. The van der Waals surface area contributed by atoms with E-state index in [1.165, 1.54) is 17.0 Å². The van der Waals surface area contributed by atoms with Gasteiger partial charge in [-0.25, -0.2) is 4.39 Å². The first-order valence-corrected chi connectivity index (χ1v) is 7.80. The molecule has 1 aromatic carbocycles. The van der Waals surface area contributed by atoms with Crippen molar-refractivity contribution >= 4 is 11.8 Å². The number of rotatable bonds is 6. The molecule has 1 N–H and O–H groups in total. The van der Waals surface area contributed by atoms with E-state index >= 15 is 0 Å². The Labute approximate surface area is 140 Å². The van der Waals surface area contributed by atoms with Gasteiger partial charge in [-0.1, -0.05) is 12.1 Å². The van der Waals surface area contributed by atoms with E-state index in [4.69, 9.17) is 0 Å². The van der Waals surface area contributed by atoms with Gasteiger partial charge in [0.25, 0.3) is 0 Å². The second kappa shape index (κ2) is 8.76. The summed E-state index contributed by atoms with van der Waals surface area (Å²) in [7, 11) is 0. The molecule has 0 spiro atoms. The van der Waals surface area contributed by atoms with Crippen LogP contribution in [0.25, 0.3) is 0 Å². The van der Waals surface area contributed by atoms with E-state index < -0.39 is 11.8 Å². The van der Waals surface area contributed by atoms with E-state index in [9.17, 15) is 14.0 Å². The molecule has 0 radical (unpaired) electrons. The van der Waals surface area contributed by atoms with Crippen molar-refractivity contribution in [2.24, 2.45) is 0 Å². The Morgan fingerprint density at radius 2 is 1.75 bits per heavy atom. The average molecular weight is 329 g/mol. The molecule has 2 amide bonds. The number of halogens is 1. The third-order valence-corrected chi connectivity index (χ3v) is 3.65. The lowest BCUT2D eigenvalue weighted by Crippen LogP contribution is -2.43. The number of hydrogen-bond donors (Lipinski definition) is 1. The summed E-state index contributed by atoms with van der Waals surface area (Å²) in [6.07, 6.45) is 4.05. The molecule has 0 aliphatic heterocycles. The number of carbonyl (C=O) groups excluding carboxylic acids is 2. The van der Waals surface area contributed by atoms with Crippen molar-refractivity contribution in [2.75, 3.05) is 13.1 Å². The van der Waals surface area contributed by atoms with Crippen molar-refractivity contribution in [2.45, 2.75) is 19.9 Å². The van der Waals surface area contributed by atoms with Crippen LogP contribution in [0.3, 0.4) is 0 Å². The minimum Gasteiger partial charge on any atom is -0.344 e. The molecule has 5 nitrogen and oxygen atoms in total. The van der Waals surface area contributed by atoms with E-state index in [1.54, 1.807) is 24.5 Å². The minimum atomic E-state index is -0.657. The van der Waals surface area contributed by atoms with Crippen LogP contribution in [0, 0.1) is 5.82 Å². The molecular formula is C18H20FN3O2. The number of amides is 2. The molecule has 126 valence electrons. The molecule has 24 heavy (non-hydrogen) atoms. The average Bonchev–Trinajstić information content (AvgIpc) is 2.62. The summed E-state index contributed by atoms with van der Waals surface area (Å²) in [5, 5.41) is 2.57. The molecule has 2 aromatic rings. The van der Waals surface area contributed by atoms with Crippen LogP contribution in [0.1, 0.15) is 18.1 Å². The molecule has 1 heterocycles. The maximum absolute atomic E-state index is 12.8. The van der Waals surface area contributed by atoms with Crippen molar-refractivity contribution in [1.29, 1.82) is 0 Å². The van der Waals surface area contributed by atoms with Crippen LogP contribution >= 0.6 is 0 Å². The number of aromatic nitrogens is 1. The molecule has 0 aliphatic rings. The first-order valence-electron chi connectivity index (χ1n) is 7.80. The zero-order valence-corrected chi connectivity index (χ0v) is 13.5. The molecule has 0 fully saturated rings. The Bertz CT molecular complexity index is 674. The summed E-state index contributed by atoms with van der Waals surface area (Å²) in [6, 6.07) is 9.54. The lowest BCUT2D eigenvalue weighted by atomic mass is 10.2. The van der Waals surface area contributed by atoms with Crippen LogP contribution in [-0.4, -0.2) is 34.8 Å². The normalized spacial score (nSPS) is 10.2. The third kappa shape index (κ3) is 5.15.